The Morgan fingerprint density at radius 3 is 2.55 bits per heavy atom. The van der Waals surface area contributed by atoms with Gasteiger partial charge in [-0.3, -0.25) is 4.99 Å². The predicted octanol–water partition coefficient (Wildman–Crippen LogP) is 1.21. The highest BCUT2D eigenvalue weighted by Gasteiger charge is 2.04. The first-order valence-corrected chi connectivity index (χ1v) is 6.33. The lowest BCUT2D eigenvalue weighted by Gasteiger charge is -2.21. The van der Waals surface area contributed by atoms with Gasteiger partial charge in [-0.15, -0.1) is 6.42 Å². The smallest absolute Gasteiger partial charge is 0.194 e. The molecular formula is C15H21N3O2. The van der Waals surface area contributed by atoms with E-state index in [2.05, 4.69) is 16.2 Å². The van der Waals surface area contributed by atoms with Crippen LogP contribution in [0.5, 0.6) is 11.5 Å². The molecule has 1 rings (SSSR count). The van der Waals surface area contributed by atoms with Crippen LogP contribution in [0.1, 0.15) is 0 Å². The molecule has 1 aromatic rings. The number of guanidine groups is 1. The van der Waals surface area contributed by atoms with E-state index in [1.807, 2.05) is 36.2 Å². The SMILES string of the molecule is C#CCNC(=NC)N(C)CCOc1ccc(OC)cc1. The van der Waals surface area contributed by atoms with Crippen LogP contribution in [-0.2, 0) is 0 Å². The quantitative estimate of drug-likeness (QED) is 0.482. The van der Waals surface area contributed by atoms with E-state index >= 15 is 0 Å². The predicted molar refractivity (Wildman–Crippen MR) is 81.3 cm³/mol. The van der Waals surface area contributed by atoms with E-state index in [4.69, 9.17) is 15.9 Å². The number of likely N-dealkylation sites (N-methyl/N-ethyl adjacent to an activating group) is 1. The molecule has 0 fully saturated rings. The fraction of sp³-hybridized carbons (Fsp3) is 0.400. The van der Waals surface area contributed by atoms with Gasteiger partial charge in [-0.1, -0.05) is 5.92 Å². The summed E-state index contributed by atoms with van der Waals surface area (Å²) in [6.07, 6.45) is 5.21. The molecule has 1 N–H and O–H groups in total. The van der Waals surface area contributed by atoms with Gasteiger partial charge >= 0.3 is 0 Å². The lowest BCUT2D eigenvalue weighted by molar-refractivity contribution is 0.281. The Kier molecular flexibility index (Phi) is 6.83. The third-order valence-electron chi connectivity index (χ3n) is 2.68. The first-order valence-electron chi connectivity index (χ1n) is 6.33. The molecule has 5 heteroatoms. The van der Waals surface area contributed by atoms with E-state index in [0.717, 1.165) is 17.5 Å². The molecule has 0 heterocycles. The van der Waals surface area contributed by atoms with Gasteiger partial charge in [-0.2, -0.15) is 0 Å². The molecular weight excluding hydrogens is 254 g/mol. The first-order chi connectivity index (χ1) is 9.71. The van der Waals surface area contributed by atoms with Gasteiger partial charge in [0, 0.05) is 14.1 Å². The molecule has 1 aromatic carbocycles. The number of benzene rings is 1. The summed E-state index contributed by atoms with van der Waals surface area (Å²) in [4.78, 5) is 6.10. The molecule has 0 atom stereocenters. The van der Waals surface area contributed by atoms with Crippen LogP contribution >= 0.6 is 0 Å². The molecule has 0 saturated heterocycles. The number of aliphatic imine (C=N–C) groups is 1. The largest absolute Gasteiger partial charge is 0.497 e. The van der Waals surface area contributed by atoms with Crippen LogP contribution in [0.4, 0.5) is 0 Å². The van der Waals surface area contributed by atoms with Crippen LogP contribution in [0.2, 0.25) is 0 Å². The summed E-state index contributed by atoms with van der Waals surface area (Å²) in [7, 11) is 5.29. The van der Waals surface area contributed by atoms with Gasteiger partial charge in [0.1, 0.15) is 18.1 Å². The van der Waals surface area contributed by atoms with Crippen molar-refractivity contribution in [1.82, 2.24) is 10.2 Å². The monoisotopic (exact) mass is 275 g/mol. The van der Waals surface area contributed by atoms with Gasteiger partial charge in [0.05, 0.1) is 20.2 Å². The molecule has 0 aromatic heterocycles. The minimum absolute atomic E-state index is 0.455. The lowest BCUT2D eigenvalue weighted by atomic mass is 10.3. The molecule has 0 bridgehead atoms. The molecule has 0 saturated carbocycles. The lowest BCUT2D eigenvalue weighted by Crippen LogP contribution is -2.40. The van der Waals surface area contributed by atoms with E-state index in [9.17, 15) is 0 Å². The number of hydrogen-bond donors (Lipinski definition) is 1. The van der Waals surface area contributed by atoms with E-state index in [1.165, 1.54) is 0 Å². The van der Waals surface area contributed by atoms with Crippen LogP contribution in [0.15, 0.2) is 29.3 Å². The Morgan fingerprint density at radius 2 is 2.00 bits per heavy atom. The third-order valence-corrected chi connectivity index (χ3v) is 2.68. The number of terminal acetylenes is 1. The van der Waals surface area contributed by atoms with Crippen LogP contribution < -0.4 is 14.8 Å². The summed E-state index contributed by atoms with van der Waals surface area (Å²) in [5, 5.41) is 3.05. The zero-order valence-electron chi connectivity index (χ0n) is 12.2. The van der Waals surface area contributed by atoms with Gasteiger partial charge < -0.3 is 19.7 Å². The molecule has 0 unspecified atom stereocenters. The summed E-state index contributed by atoms with van der Waals surface area (Å²) in [6, 6.07) is 7.49. The average Bonchev–Trinajstić information content (AvgIpc) is 2.48. The van der Waals surface area contributed by atoms with Gasteiger partial charge in [0.2, 0.25) is 0 Å². The van der Waals surface area contributed by atoms with Crippen molar-refractivity contribution in [3.8, 4) is 23.8 Å². The highest BCUT2D eigenvalue weighted by molar-refractivity contribution is 5.79. The maximum atomic E-state index is 5.65. The Labute approximate surface area is 120 Å². The second kappa shape index (κ2) is 8.70. The van der Waals surface area contributed by atoms with Gasteiger partial charge in [-0.05, 0) is 24.3 Å². The van der Waals surface area contributed by atoms with E-state index in [1.54, 1.807) is 14.2 Å². The molecule has 0 aliphatic heterocycles. The van der Waals surface area contributed by atoms with Crippen molar-refractivity contribution in [2.45, 2.75) is 0 Å². The summed E-state index contributed by atoms with van der Waals surface area (Å²) in [5.41, 5.74) is 0. The fourth-order valence-electron chi connectivity index (χ4n) is 1.59. The Bertz CT molecular complexity index is 463. The molecule has 5 nitrogen and oxygen atoms in total. The molecule has 0 aliphatic carbocycles. The molecule has 0 spiro atoms. The maximum absolute atomic E-state index is 5.65. The summed E-state index contributed by atoms with van der Waals surface area (Å²) in [5.74, 6) is 4.89. The highest BCUT2D eigenvalue weighted by atomic mass is 16.5. The zero-order chi connectivity index (χ0) is 14.8. The highest BCUT2D eigenvalue weighted by Crippen LogP contribution is 2.16. The summed E-state index contributed by atoms with van der Waals surface area (Å²) in [6.45, 7) is 1.71. The maximum Gasteiger partial charge on any atom is 0.194 e. The van der Waals surface area contributed by atoms with Gasteiger partial charge in [0.15, 0.2) is 5.96 Å². The van der Waals surface area contributed by atoms with Crippen LogP contribution in [-0.4, -0.2) is 51.8 Å². The second-order valence-electron chi connectivity index (χ2n) is 4.05. The normalized spacial score (nSPS) is 10.6. The van der Waals surface area contributed by atoms with Crippen molar-refractivity contribution in [2.24, 2.45) is 4.99 Å². The Balaban J connectivity index is 2.37. The number of nitrogens with zero attached hydrogens (tertiary/aromatic N) is 2. The van der Waals surface area contributed by atoms with Crippen LogP contribution in [0.3, 0.4) is 0 Å². The summed E-state index contributed by atoms with van der Waals surface area (Å²) < 4.78 is 10.7. The van der Waals surface area contributed by atoms with Gasteiger partial charge in [-0.25, -0.2) is 0 Å². The van der Waals surface area contributed by atoms with Crippen LogP contribution in [0.25, 0.3) is 0 Å². The number of rotatable bonds is 6. The number of nitrogens with one attached hydrogen (secondary N) is 1. The third kappa shape index (κ3) is 5.11. The first kappa shape index (κ1) is 15.7. The number of methoxy groups -OCH3 is 1. The molecule has 20 heavy (non-hydrogen) atoms. The van der Waals surface area contributed by atoms with E-state index in [-0.39, 0.29) is 0 Å². The number of hydrogen-bond acceptors (Lipinski definition) is 3. The van der Waals surface area contributed by atoms with E-state index in [0.29, 0.717) is 19.7 Å². The van der Waals surface area contributed by atoms with Crippen molar-refractivity contribution in [2.75, 3.05) is 40.9 Å². The van der Waals surface area contributed by atoms with Crippen molar-refractivity contribution in [3.63, 3.8) is 0 Å². The number of ether oxygens (including phenoxy) is 2. The van der Waals surface area contributed by atoms with Crippen LogP contribution in [0, 0.1) is 12.3 Å². The Morgan fingerprint density at radius 1 is 1.35 bits per heavy atom. The fourth-order valence-corrected chi connectivity index (χ4v) is 1.59. The standard InChI is InChI=1S/C15H21N3O2/c1-5-10-17-15(16-2)18(3)11-12-20-14-8-6-13(19-4)7-9-14/h1,6-9H,10-12H2,2-4H3,(H,16,17). The van der Waals surface area contributed by atoms with Gasteiger partial charge in [0.25, 0.3) is 0 Å². The topological polar surface area (TPSA) is 46.1 Å². The second-order valence-corrected chi connectivity index (χ2v) is 4.05. The minimum Gasteiger partial charge on any atom is -0.497 e. The Hall–Kier alpha value is -2.35. The van der Waals surface area contributed by atoms with E-state index < -0.39 is 0 Å². The summed E-state index contributed by atoms with van der Waals surface area (Å²) >= 11 is 0. The average molecular weight is 275 g/mol. The molecule has 0 radical (unpaired) electrons. The zero-order valence-corrected chi connectivity index (χ0v) is 12.2. The molecule has 0 amide bonds. The minimum atomic E-state index is 0.455. The van der Waals surface area contributed by atoms with Crippen molar-refractivity contribution >= 4 is 5.96 Å². The van der Waals surface area contributed by atoms with Crippen molar-refractivity contribution < 1.29 is 9.47 Å². The molecule has 108 valence electrons. The molecule has 0 aliphatic rings. The van der Waals surface area contributed by atoms with Crippen molar-refractivity contribution in [3.05, 3.63) is 24.3 Å². The van der Waals surface area contributed by atoms with Crippen molar-refractivity contribution in [1.29, 1.82) is 0 Å².